The predicted molar refractivity (Wildman–Crippen MR) is 94.0 cm³/mol. The van der Waals surface area contributed by atoms with E-state index in [1.165, 1.54) is 6.07 Å². The van der Waals surface area contributed by atoms with Crippen LogP contribution in [0.25, 0.3) is 0 Å². The first kappa shape index (κ1) is 18.3. The summed E-state index contributed by atoms with van der Waals surface area (Å²) in [5, 5.41) is 2.54. The fourth-order valence-corrected chi connectivity index (χ4v) is 2.09. The average Bonchev–Trinajstić information content (AvgIpc) is 2.59. The van der Waals surface area contributed by atoms with E-state index in [4.69, 9.17) is 14.2 Å². The summed E-state index contributed by atoms with van der Waals surface area (Å²) in [5.74, 6) is 0.247. The van der Waals surface area contributed by atoms with Crippen LogP contribution in [0.4, 0.5) is 10.5 Å². The van der Waals surface area contributed by atoms with Crippen molar-refractivity contribution in [3.05, 3.63) is 59.7 Å². The van der Waals surface area contributed by atoms with Gasteiger partial charge in [-0.25, -0.2) is 9.59 Å². The third-order valence-corrected chi connectivity index (χ3v) is 3.19. The lowest BCUT2D eigenvalue weighted by atomic mass is 10.2. The van der Waals surface area contributed by atoms with Gasteiger partial charge in [0.2, 0.25) is 0 Å². The minimum absolute atomic E-state index is 0.127. The third kappa shape index (κ3) is 6.18. The van der Waals surface area contributed by atoms with Gasteiger partial charge in [-0.3, -0.25) is 5.32 Å². The normalized spacial score (nSPS) is 10.0. The van der Waals surface area contributed by atoms with E-state index in [1.807, 2.05) is 31.2 Å². The van der Waals surface area contributed by atoms with Crippen molar-refractivity contribution < 1.29 is 23.8 Å². The van der Waals surface area contributed by atoms with Gasteiger partial charge in [-0.2, -0.15) is 0 Å². The quantitative estimate of drug-likeness (QED) is 0.611. The van der Waals surface area contributed by atoms with Crippen molar-refractivity contribution in [1.29, 1.82) is 0 Å². The first-order valence-corrected chi connectivity index (χ1v) is 7.99. The lowest BCUT2D eigenvalue weighted by molar-refractivity contribution is 0.0450. The molecule has 0 fully saturated rings. The number of ether oxygens (including phenoxy) is 3. The largest absolute Gasteiger partial charge is 0.490 e. The summed E-state index contributed by atoms with van der Waals surface area (Å²) in [5.41, 5.74) is 1.90. The number of esters is 1. The standard InChI is InChI=1S/C19H21NO5/c1-3-23-19(22)20-16-8-5-7-15(13-16)18(21)25-11-10-24-17-9-4-6-14(2)12-17/h4-9,12-13H,3,10-11H2,1-2H3,(H,20,22). The van der Waals surface area contributed by atoms with Crippen molar-refractivity contribution >= 4 is 17.7 Å². The molecule has 2 aromatic carbocycles. The van der Waals surface area contributed by atoms with Crippen LogP contribution >= 0.6 is 0 Å². The van der Waals surface area contributed by atoms with E-state index in [0.29, 0.717) is 11.3 Å². The molecule has 0 aromatic heterocycles. The molecule has 0 aliphatic heterocycles. The number of hydrogen-bond acceptors (Lipinski definition) is 5. The summed E-state index contributed by atoms with van der Waals surface area (Å²) in [7, 11) is 0. The highest BCUT2D eigenvalue weighted by Crippen LogP contribution is 2.13. The molecular formula is C19H21NO5. The number of amides is 1. The average molecular weight is 343 g/mol. The Labute approximate surface area is 146 Å². The number of benzene rings is 2. The van der Waals surface area contributed by atoms with Crippen molar-refractivity contribution in [1.82, 2.24) is 0 Å². The van der Waals surface area contributed by atoms with E-state index in [9.17, 15) is 9.59 Å². The minimum atomic E-state index is -0.570. The molecule has 6 nitrogen and oxygen atoms in total. The van der Waals surface area contributed by atoms with E-state index in [-0.39, 0.29) is 19.8 Å². The first-order valence-electron chi connectivity index (χ1n) is 7.99. The van der Waals surface area contributed by atoms with Gasteiger partial charge in [0.1, 0.15) is 19.0 Å². The van der Waals surface area contributed by atoms with Crippen LogP contribution in [-0.4, -0.2) is 31.9 Å². The number of hydrogen-bond donors (Lipinski definition) is 1. The lowest BCUT2D eigenvalue weighted by Gasteiger charge is -2.09. The van der Waals surface area contributed by atoms with Gasteiger partial charge in [-0.05, 0) is 49.7 Å². The topological polar surface area (TPSA) is 73.9 Å². The van der Waals surface area contributed by atoms with Crippen LogP contribution in [-0.2, 0) is 9.47 Å². The molecule has 0 aliphatic rings. The summed E-state index contributed by atoms with van der Waals surface area (Å²) < 4.78 is 15.5. The fourth-order valence-electron chi connectivity index (χ4n) is 2.09. The number of carbonyl (C=O) groups excluding carboxylic acids is 2. The Hall–Kier alpha value is -3.02. The van der Waals surface area contributed by atoms with Crippen LogP contribution in [0.15, 0.2) is 48.5 Å². The molecule has 1 amide bonds. The van der Waals surface area contributed by atoms with Gasteiger partial charge in [0, 0.05) is 5.69 Å². The molecule has 25 heavy (non-hydrogen) atoms. The van der Waals surface area contributed by atoms with Crippen molar-refractivity contribution in [2.75, 3.05) is 25.1 Å². The van der Waals surface area contributed by atoms with Gasteiger partial charge >= 0.3 is 12.1 Å². The van der Waals surface area contributed by atoms with Crippen LogP contribution in [0.3, 0.4) is 0 Å². The molecule has 0 heterocycles. The Morgan fingerprint density at radius 3 is 2.56 bits per heavy atom. The number of rotatable bonds is 7. The smallest absolute Gasteiger partial charge is 0.411 e. The molecule has 0 radical (unpaired) electrons. The Kier molecular flexibility index (Phi) is 6.83. The van der Waals surface area contributed by atoms with E-state index in [0.717, 1.165) is 11.3 Å². The highest BCUT2D eigenvalue weighted by atomic mass is 16.6. The maximum Gasteiger partial charge on any atom is 0.411 e. The van der Waals surface area contributed by atoms with Crippen LogP contribution in [0, 0.1) is 6.92 Å². The Morgan fingerprint density at radius 1 is 1.00 bits per heavy atom. The zero-order chi connectivity index (χ0) is 18.1. The first-order chi connectivity index (χ1) is 12.1. The van der Waals surface area contributed by atoms with Crippen LogP contribution in [0.5, 0.6) is 5.75 Å². The molecule has 0 spiro atoms. The second-order valence-corrected chi connectivity index (χ2v) is 5.23. The van der Waals surface area contributed by atoms with Gasteiger partial charge in [0.15, 0.2) is 0 Å². The second-order valence-electron chi connectivity index (χ2n) is 5.23. The summed E-state index contributed by atoms with van der Waals surface area (Å²) in [6.45, 7) is 4.35. The maximum absolute atomic E-state index is 12.1. The van der Waals surface area contributed by atoms with Gasteiger partial charge < -0.3 is 14.2 Å². The molecule has 6 heteroatoms. The maximum atomic E-state index is 12.1. The molecule has 0 unspecified atom stereocenters. The zero-order valence-electron chi connectivity index (χ0n) is 14.3. The molecule has 0 atom stereocenters. The molecule has 2 aromatic rings. The van der Waals surface area contributed by atoms with E-state index < -0.39 is 12.1 Å². The third-order valence-electron chi connectivity index (χ3n) is 3.19. The van der Waals surface area contributed by atoms with E-state index >= 15 is 0 Å². The molecule has 0 saturated heterocycles. The number of carbonyl (C=O) groups is 2. The van der Waals surface area contributed by atoms with Gasteiger partial charge in [-0.15, -0.1) is 0 Å². The predicted octanol–water partition coefficient (Wildman–Crippen LogP) is 3.80. The van der Waals surface area contributed by atoms with Gasteiger partial charge in [0.05, 0.1) is 12.2 Å². The zero-order valence-corrected chi connectivity index (χ0v) is 14.3. The van der Waals surface area contributed by atoms with E-state index in [2.05, 4.69) is 5.32 Å². The summed E-state index contributed by atoms with van der Waals surface area (Å²) >= 11 is 0. The van der Waals surface area contributed by atoms with Crippen molar-refractivity contribution in [2.24, 2.45) is 0 Å². The van der Waals surface area contributed by atoms with Crippen LogP contribution in [0.1, 0.15) is 22.8 Å². The number of aryl methyl sites for hydroxylation is 1. The highest BCUT2D eigenvalue weighted by Gasteiger charge is 2.09. The summed E-state index contributed by atoms with van der Waals surface area (Å²) in [6, 6.07) is 14.1. The van der Waals surface area contributed by atoms with Gasteiger partial charge in [-0.1, -0.05) is 18.2 Å². The van der Waals surface area contributed by atoms with Crippen LogP contribution in [0.2, 0.25) is 0 Å². The summed E-state index contributed by atoms with van der Waals surface area (Å²) in [6.07, 6.45) is -0.570. The Balaban J connectivity index is 1.81. The minimum Gasteiger partial charge on any atom is -0.490 e. The van der Waals surface area contributed by atoms with Crippen molar-refractivity contribution in [2.45, 2.75) is 13.8 Å². The highest BCUT2D eigenvalue weighted by molar-refractivity contribution is 5.92. The molecule has 0 bridgehead atoms. The Bertz CT molecular complexity index is 729. The molecule has 0 saturated carbocycles. The molecule has 1 N–H and O–H groups in total. The van der Waals surface area contributed by atoms with E-state index in [1.54, 1.807) is 25.1 Å². The van der Waals surface area contributed by atoms with Crippen molar-refractivity contribution in [3.63, 3.8) is 0 Å². The monoisotopic (exact) mass is 343 g/mol. The molecule has 2 rings (SSSR count). The summed E-state index contributed by atoms with van der Waals surface area (Å²) in [4.78, 5) is 23.4. The second kappa shape index (κ2) is 9.32. The molecular weight excluding hydrogens is 322 g/mol. The number of anilines is 1. The van der Waals surface area contributed by atoms with Gasteiger partial charge in [0.25, 0.3) is 0 Å². The molecule has 0 aliphatic carbocycles. The van der Waals surface area contributed by atoms with Crippen molar-refractivity contribution in [3.8, 4) is 5.75 Å². The lowest BCUT2D eigenvalue weighted by Crippen LogP contribution is -2.15. The Morgan fingerprint density at radius 2 is 1.80 bits per heavy atom. The molecule has 132 valence electrons. The fraction of sp³-hybridized carbons (Fsp3) is 0.263. The SMILES string of the molecule is CCOC(=O)Nc1cccc(C(=O)OCCOc2cccc(C)c2)c1. The number of nitrogens with one attached hydrogen (secondary N) is 1. The van der Waals surface area contributed by atoms with Crippen LogP contribution < -0.4 is 10.1 Å².